The van der Waals surface area contributed by atoms with Crippen LogP contribution < -0.4 is 10.2 Å². The van der Waals surface area contributed by atoms with Gasteiger partial charge in [0.05, 0.1) is 0 Å². The molecule has 2 unspecified atom stereocenters. The van der Waals surface area contributed by atoms with E-state index in [1.165, 1.54) is 24.3 Å². The summed E-state index contributed by atoms with van der Waals surface area (Å²) in [6.07, 6.45) is 2.84. The van der Waals surface area contributed by atoms with Gasteiger partial charge in [-0.3, -0.25) is 14.6 Å². The second-order valence-corrected chi connectivity index (χ2v) is 9.90. The maximum Gasteiger partial charge on any atom is 0.225 e. The van der Waals surface area contributed by atoms with Crippen molar-refractivity contribution in [2.45, 2.75) is 50.7 Å². The van der Waals surface area contributed by atoms with Crippen molar-refractivity contribution in [1.82, 2.24) is 10.2 Å². The minimum atomic E-state index is -0.283. The summed E-state index contributed by atoms with van der Waals surface area (Å²) in [5.74, 6) is -0.593. The van der Waals surface area contributed by atoms with Crippen LogP contribution in [0.5, 0.6) is 0 Å². The van der Waals surface area contributed by atoms with Gasteiger partial charge in [-0.1, -0.05) is 42.5 Å². The number of nitrogens with zero attached hydrogens (tertiary/aromatic N) is 2. The quantitative estimate of drug-likeness (QED) is 0.360. The van der Waals surface area contributed by atoms with Crippen LogP contribution in [0.15, 0.2) is 78.9 Å². The van der Waals surface area contributed by atoms with Crippen LogP contribution in [-0.2, 0) is 4.79 Å². The number of piperazine rings is 1. The van der Waals surface area contributed by atoms with Crippen molar-refractivity contribution in [1.29, 1.82) is 0 Å². The van der Waals surface area contributed by atoms with Crippen LogP contribution in [-0.4, -0.2) is 54.4 Å². The third-order valence-corrected chi connectivity index (χ3v) is 7.33. The Hall–Kier alpha value is -3.13. The molecule has 3 aromatic carbocycles. The number of aliphatic hydroxyl groups is 1. The van der Waals surface area contributed by atoms with Crippen molar-refractivity contribution in [3.63, 3.8) is 0 Å². The lowest BCUT2D eigenvalue weighted by molar-refractivity contribution is -0.118. The fourth-order valence-corrected chi connectivity index (χ4v) is 5.56. The molecule has 0 aliphatic carbocycles. The molecular weight excluding hydrogens is 484 g/mol. The Morgan fingerprint density at radius 1 is 0.974 bits per heavy atom. The molecule has 0 aromatic heterocycles. The highest BCUT2D eigenvalue weighted by atomic mass is 19.1. The fraction of sp³-hybridized carbons (Fsp3) is 0.387. The summed E-state index contributed by atoms with van der Waals surface area (Å²) in [5, 5.41) is 13.1. The third-order valence-electron chi connectivity index (χ3n) is 7.33. The number of carbonyl (C=O) groups excluding carboxylic acids is 1. The first-order chi connectivity index (χ1) is 18.5. The Balaban J connectivity index is 1.56. The van der Waals surface area contributed by atoms with Crippen LogP contribution in [0, 0.1) is 11.6 Å². The van der Waals surface area contributed by atoms with Crippen molar-refractivity contribution in [3.05, 3.63) is 102 Å². The molecule has 1 fully saturated rings. The van der Waals surface area contributed by atoms with E-state index in [1.54, 1.807) is 31.2 Å². The first-order valence-corrected chi connectivity index (χ1v) is 13.4. The summed E-state index contributed by atoms with van der Waals surface area (Å²) in [6, 6.07) is 22.8. The third kappa shape index (κ3) is 7.04. The lowest BCUT2D eigenvalue weighted by Crippen LogP contribution is -2.66. The summed E-state index contributed by atoms with van der Waals surface area (Å²) in [7, 11) is 0. The first-order valence-electron chi connectivity index (χ1n) is 13.4. The average molecular weight is 522 g/mol. The van der Waals surface area contributed by atoms with E-state index >= 15 is 0 Å². The van der Waals surface area contributed by atoms with Crippen molar-refractivity contribution < 1.29 is 18.7 Å². The topological polar surface area (TPSA) is 55.8 Å². The summed E-state index contributed by atoms with van der Waals surface area (Å²) in [4.78, 5) is 17.2. The van der Waals surface area contributed by atoms with Crippen molar-refractivity contribution in [3.8, 4) is 0 Å². The highest BCUT2D eigenvalue weighted by Gasteiger charge is 2.37. The minimum Gasteiger partial charge on any atom is -0.396 e. The normalized spacial score (nSPS) is 18.0. The van der Waals surface area contributed by atoms with Gasteiger partial charge in [0.25, 0.3) is 0 Å². The molecule has 1 heterocycles. The average Bonchev–Trinajstić information content (AvgIpc) is 2.93. The Labute approximate surface area is 224 Å². The second kappa shape index (κ2) is 13.6. The van der Waals surface area contributed by atoms with E-state index in [4.69, 9.17) is 0 Å². The zero-order valence-corrected chi connectivity index (χ0v) is 21.9. The number of amides is 1. The molecule has 1 aliphatic heterocycles. The maximum atomic E-state index is 13.6. The number of rotatable bonds is 11. The number of hydrogen-bond acceptors (Lipinski definition) is 4. The molecule has 1 amide bonds. The standard InChI is InChI=1S/C31H37F2N3O2/c1-23(38)36(28-7-3-2-4-8-28)31-30(10-6-22-37)34-19-21-35(31)20-5-9-29(24-11-15-26(32)16-12-24)25-13-17-27(33)18-14-25/h2-4,7-8,11-18,29-31,34,37H,5-6,9-10,19-22H2,1H3. The van der Waals surface area contributed by atoms with E-state index in [0.717, 1.165) is 55.7 Å². The van der Waals surface area contributed by atoms with Crippen LogP contribution in [0.2, 0.25) is 0 Å². The number of anilines is 1. The Morgan fingerprint density at radius 2 is 1.58 bits per heavy atom. The number of aliphatic hydroxyl groups excluding tert-OH is 1. The molecule has 38 heavy (non-hydrogen) atoms. The Kier molecular flexibility index (Phi) is 9.98. The molecule has 0 radical (unpaired) electrons. The molecule has 0 bridgehead atoms. The number of carbonyl (C=O) groups is 1. The maximum absolute atomic E-state index is 13.6. The fourth-order valence-electron chi connectivity index (χ4n) is 5.56. The molecule has 2 N–H and O–H groups in total. The van der Waals surface area contributed by atoms with E-state index in [9.17, 15) is 18.7 Å². The van der Waals surface area contributed by atoms with Crippen LogP contribution in [0.3, 0.4) is 0 Å². The van der Waals surface area contributed by atoms with Crippen LogP contribution >= 0.6 is 0 Å². The summed E-state index contributed by atoms with van der Waals surface area (Å²) in [5.41, 5.74) is 2.83. The molecule has 1 saturated heterocycles. The zero-order valence-electron chi connectivity index (χ0n) is 21.9. The summed E-state index contributed by atoms with van der Waals surface area (Å²) < 4.78 is 27.3. The highest BCUT2D eigenvalue weighted by molar-refractivity contribution is 5.92. The first kappa shape index (κ1) is 27.9. The lowest BCUT2D eigenvalue weighted by atomic mass is 9.87. The monoisotopic (exact) mass is 521 g/mol. The molecule has 5 nitrogen and oxygen atoms in total. The van der Waals surface area contributed by atoms with Crippen molar-refractivity contribution in [2.24, 2.45) is 0 Å². The van der Waals surface area contributed by atoms with Gasteiger partial charge in [-0.2, -0.15) is 0 Å². The molecule has 3 aromatic rings. The molecule has 0 saturated carbocycles. The van der Waals surface area contributed by atoms with Crippen molar-refractivity contribution in [2.75, 3.05) is 31.1 Å². The molecule has 4 rings (SSSR count). The van der Waals surface area contributed by atoms with Gasteiger partial charge in [0.1, 0.15) is 17.8 Å². The van der Waals surface area contributed by atoms with E-state index in [0.29, 0.717) is 6.42 Å². The predicted molar refractivity (Wildman–Crippen MR) is 147 cm³/mol. The van der Waals surface area contributed by atoms with Crippen LogP contribution in [0.25, 0.3) is 0 Å². The lowest BCUT2D eigenvalue weighted by Gasteiger charge is -2.47. The summed E-state index contributed by atoms with van der Waals surface area (Å²) >= 11 is 0. The van der Waals surface area contributed by atoms with Crippen LogP contribution in [0.4, 0.5) is 14.5 Å². The van der Waals surface area contributed by atoms with Gasteiger partial charge in [0, 0.05) is 50.8 Å². The van der Waals surface area contributed by atoms with E-state index in [-0.39, 0.29) is 42.3 Å². The smallest absolute Gasteiger partial charge is 0.225 e. The second-order valence-electron chi connectivity index (χ2n) is 9.90. The summed E-state index contributed by atoms with van der Waals surface area (Å²) in [6.45, 7) is 4.05. The van der Waals surface area contributed by atoms with Gasteiger partial charge < -0.3 is 10.4 Å². The number of para-hydroxylation sites is 1. The van der Waals surface area contributed by atoms with Gasteiger partial charge in [0.15, 0.2) is 0 Å². The molecule has 0 spiro atoms. The van der Waals surface area contributed by atoms with Gasteiger partial charge in [-0.25, -0.2) is 8.78 Å². The van der Waals surface area contributed by atoms with E-state index in [1.807, 2.05) is 35.2 Å². The molecule has 7 heteroatoms. The minimum absolute atomic E-state index is 0.000727. The van der Waals surface area contributed by atoms with Crippen LogP contribution in [0.1, 0.15) is 49.7 Å². The Bertz CT molecular complexity index is 1100. The largest absolute Gasteiger partial charge is 0.396 e. The van der Waals surface area contributed by atoms with E-state index < -0.39 is 0 Å². The Morgan fingerprint density at radius 3 is 2.13 bits per heavy atom. The number of hydrogen-bond donors (Lipinski definition) is 2. The number of halogens is 2. The molecule has 2 atom stereocenters. The van der Waals surface area contributed by atoms with Crippen molar-refractivity contribution >= 4 is 11.6 Å². The van der Waals surface area contributed by atoms with Gasteiger partial charge in [-0.15, -0.1) is 0 Å². The van der Waals surface area contributed by atoms with E-state index in [2.05, 4.69) is 10.2 Å². The van der Waals surface area contributed by atoms with Gasteiger partial charge in [0.2, 0.25) is 5.91 Å². The molecule has 202 valence electrons. The van der Waals surface area contributed by atoms with Gasteiger partial charge >= 0.3 is 0 Å². The number of nitrogens with one attached hydrogen (secondary N) is 1. The number of benzene rings is 3. The predicted octanol–water partition coefficient (Wildman–Crippen LogP) is 5.30. The highest BCUT2D eigenvalue weighted by Crippen LogP contribution is 2.31. The zero-order chi connectivity index (χ0) is 26.9. The van der Waals surface area contributed by atoms with Gasteiger partial charge in [-0.05, 0) is 73.2 Å². The molecular formula is C31H37F2N3O2. The molecule has 1 aliphatic rings. The SMILES string of the molecule is CC(=O)N(c1ccccc1)C1C(CCCO)NCCN1CCCC(c1ccc(F)cc1)c1ccc(F)cc1.